The second kappa shape index (κ2) is 6.91. The summed E-state index contributed by atoms with van der Waals surface area (Å²) in [5.74, 6) is 0.845. The number of hydrogen-bond donors (Lipinski definition) is 1. The van der Waals surface area contributed by atoms with Gasteiger partial charge in [0.2, 0.25) is 5.88 Å². The number of carbonyl (C=O) groups is 1. The van der Waals surface area contributed by atoms with Crippen LogP contribution in [0.25, 0.3) is 0 Å². The molecule has 0 bridgehead atoms. The molecule has 0 saturated carbocycles. The molecule has 2 aromatic carbocycles. The molecule has 3 rings (SSSR count). The van der Waals surface area contributed by atoms with Crippen molar-refractivity contribution in [1.82, 2.24) is 10.2 Å². The molecule has 0 spiro atoms. The minimum Gasteiger partial charge on any atom is -0.438 e. The summed E-state index contributed by atoms with van der Waals surface area (Å²) >= 11 is 0. The maximum Gasteiger partial charge on any atom is 0.255 e. The zero-order valence-electron chi connectivity index (χ0n) is 13.5. The van der Waals surface area contributed by atoms with E-state index in [1.165, 1.54) is 0 Å². The number of carbonyl (C=O) groups excluding carboxylic acids is 1. The molecule has 0 atom stereocenters. The van der Waals surface area contributed by atoms with E-state index < -0.39 is 0 Å². The summed E-state index contributed by atoms with van der Waals surface area (Å²) in [5.41, 5.74) is 3.29. The third kappa shape index (κ3) is 3.95. The molecule has 1 amide bonds. The van der Waals surface area contributed by atoms with Gasteiger partial charge in [0.15, 0.2) is 0 Å². The Labute approximate surface area is 140 Å². The Balaban J connectivity index is 1.66. The molecule has 5 heteroatoms. The third-order valence-corrected chi connectivity index (χ3v) is 3.42. The van der Waals surface area contributed by atoms with Crippen molar-refractivity contribution >= 4 is 11.6 Å². The van der Waals surface area contributed by atoms with Crippen LogP contribution < -0.4 is 10.1 Å². The maximum absolute atomic E-state index is 12.2. The first-order valence-electron chi connectivity index (χ1n) is 7.56. The van der Waals surface area contributed by atoms with Crippen molar-refractivity contribution < 1.29 is 9.53 Å². The molecule has 5 nitrogen and oxygen atoms in total. The predicted octanol–water partition coefficient (Wildman–Crippen LogP) is 4.14. The average molecular weight is 319 g/mol. The van der Waals surface area contributed by atoms with Crippen molar-refractivity contribution in [2.24, 2.45) is 0 Å². The Kier molecular flexibility index (Phi) is 4.52. The summed E-state index contributed by atoms with van der Waals surface area (Å²) < 4.78 is 5.59. The van der Waals surface area contributed by atoms with Crippen molar-refractivity contribution in [3.05, 3.63) is 77.5 Å². The van der Waals surface area contributed by atoms with Crippen LogP contribution in [0.5, 0.6) is 11.6 Å². The van der Waals surface area contributed by atoms with Gasteiger partial charge in [-0.25, -0.2) is 0 Å². The number of aryl methyl sites for hydroxylation is 2. The Morgan fingerprint density at radius 1 is 0.875 bits per heavy atom. The fourth-order valence-electron chi connectivity index (χ4n) is 2.08. The van der Waals surface area contributed by atoms with E-state index in [4.69, 9.17) is 4.74 Å². The molecule has 0 radical (unpaired) electrons. The molecule has 24 heavy (non-hydrogen) atoms. The van der Waals surface area contributed by atoms with Crippen molar-refractivity contribution in [2.75, 3.05) is 5.32 Å². The lowest BCUT2D eigenvalue weighted by atomic mass is 10.2. The first-order chi connectivity index (χ1) is 11.6. The summed E-state index contributed by atoms with van der Waals surface area (Å²) in [7, 11) is 0. The molecule has 1 N–H and O–H groups in total. The van der Waals surface area contributed by atoms with Gasteiger partial charge in [0.05, 0.1) is 5.69 Å². The lowest BCUT2D eigenvalue weighted by molar-refractivity contribution is 0.102. The van der Waals surface area contributed by atoms with Crippen LogP contribution in [0.15, 0.2) is 60.7 Å². The number of nitrogens with one attached hydrogen (secondary N) is 1. The number of nitrogens with zero attached hydrogens (tertiary/aromatic N) is 2. The molecule has 1 aromatic heterocycles. The standard InChI is InChI=1S/C19H17N3O2/c1-13-3-8-16(9-4-13)20-19(23)15-6-10-17(11-7-15)24-18-12-5-14(2)21-22-18/h3-12H,1-2H3,(H,20,23). The number of rotatable bonds is 4. The van der Waals surface area contributed by atoms with E-state index in [1.54, 1.807) is 30.3 Å². The monoisotopic (exact) mass is 319 g/mol. The van der Waals surface area contributed by atoms with Gasteiger partial charge in [-0.3, -0.25) is 4.79 Å². The Bertz CT molecular complexity index is 826. The molecule has 0 aliphatic heterocycles. The molecular formula is C19H17N3O2. The van der Waals surface area contributed by atoms with Crippen LogP contribution in [-0.4, -0.2) is 16.1 Å². The fraction of sp³-hybridized carbons (Fsp3) is 0.105. The summed E-state index contributed by atoms with van der Waals surface area (Å²) in [6, 6.07) is 18.1. The van der Waals surface area contributed by atoms with Gasteiger partial charge in [0.25, 0.3) is 5.91 Å². The Morgan fingerprint density at radius 3 is 2.21 bits per heavy atom. The normalized spacial score (nSPS) is 10.2. The smallest absolute Gasteiger partial charge is 0.255 e. The summed E-state index contributed by atoms with van der Waals surface area (Å²) in [4.78, 5) is 12.2. The van der Waals surface area contributed by atoms with Crippen LogP contribution in [-0.2, 0) is 0 Å². The molecule has 1 heterocycles. The van der Waals surface area contributed by atoms with Crippen LogP contribution in [0.1, 0.15) is 21.6 Å². The van der Waals surface area contributed by atoms with E-state index in [-0.39, 0.29) is 5.91 Å². The number of aromatic nitrogens is 2. The zero-order chi connectivity index (χ0) is 16.9. The number of benzene rings is 2. The van der Waals surface area contributed by atoms with Crippen molar-refractivity contribution in [1.29, 1.82) is 0 Å². The van der Waals surface area contributed by atoms with E-state index in [9.17, 15) is 4.79 Å². The molecule has 3 aromatic rings. The topological polar surface area (TPSA) is 64.1 Å². The van der Waals surface area contributed by atoms with Gasteiger partial charge in [-0.05, 0) is 56.3 Å². The quantitative estimate of drug-likeness (QED) is 0.785. The molecule has 0 aliphatic rings. The molecular weight excluding hydrogens is 302 g/mol. The van der Waals surface area contributed by atoms with Gasteiger partial charge in [-0.15, -0.1) is 5.10 Å². The van der Waals surface area contributed by atoms with Crippen LogP contribution in [0, 0.1) is 13.8 Å². The Morgan fingerprint density at radius 2 is 1.58 bits per heavy atom. The zero-order valence-corrected chi connectivity index (χ0v) is 13.5. The van der Waals surface area contributed by atoms with Gasteiger partial charge in [0.1, 0.15) is 5.75 Å². The largest absolute Gasteiger partial charge is 0.438 e. The van der Waals surface area contributed by atoms with Gasteiger partial charge < -0.3 is 10.1 Å². The first-order valence-corrected chi connectivity index (χ1v) is 7.56. The lowest BCUT2D eigenvalue weighted by Gasteiger charge is -2.07. The van der Waals surface area contributed by atoms with E-state index in [0.717, 1.165) is 16.9 Å². The van der Waals surface area contributed by atoms with E-state index in [0.29, 0.717) is 17.2 Å². The summed E-state index contributed by atoms with van der Waals surface area (Å²) in [5, 5.41) is 10.7. The molecule has 0 unspecified atom stereocenters. The second-order valence-electron chi connectivity index (χ2n) is 5.46. The highest BCUT2D eigenvalue weighted by Gasteiger charge is 2.07. The van der Waals surface area contributed by atoms with Gasteiger partial charge >= 0.3 is 0 Å². The molecule has 0 saturated heterocycles. The maximum atomic E-state index is 12.2. The highest BCUT2D eigenvalue weighted by Crippen LogP contribution is 2.20. The highest BCUT2D eigenvalue weighted by atomic mass is 16.5. The molecule has 120 valence electrons. The van der Waals surface area contributed by atoms with Gasteiger partial charge in [-0.2, -0.15) is 5.10 Å². The second-order valence-corrected chi connectivity index (χ2v) is 5.46. The number of anilines is 1. The van der Waals surface area contributed by atoms with Crippen molar-refractivity contribution in [3.63, 3.8) is 0 Å². The fourth-order valence-corrected chi connectivity index (χ4v) is 2.08. The lowest BCUT2D eigenvalue weighted by Crippen LogP contribution is -2.11. The highest BCUT2D eigenvalue weighted by molar-refractivity contribution is 6.04. The van der Waals surface area contributed by atoms with Crippen LogP contribution in [0.4, 0.5) is 5.69 Å². The van der Waals surface area contributed by atoms with Crippen LogP contribution in [0.3, 0.4) is 0 Å². The SMILES string of the molecule is Cc1ccc(NC(=O)c2ccc(Oc3ccc(C)nn3)cc2)cc1. The number of hydrogen-bond acceptors (Lipinski definition) is 4. The van der Waals surface area contributed by atoms with E-state index in [2.05, 4.69) is 15.5 Å². The molecule has 0 fully saturated rings. The van der Waals surface area contributed by atoms with Crippen LogP contribution in [0.2, 0.25) is 0 Å². The average Bonchev–Trinajstić information content (AvgIpc) is 2.59. The molecule has 0 aliphatic carbocycles. The predicted molar refractivity (Wildman–Crippen MR) is 92.4 cm³/mol. The number of ether oxygens (including phenoxy) is 1. The Hall–Kier alpha value is -3.21. The minimum absolute atomic E-state index is 0.166. The van der Waals surface area contributed by atoms with E-state index in [1.807, 2.05) is 44.2 Å². The van der Waals surface area contributed by atoms with Gasteiger partial charge in [0, 0.05) is 17.3 Å². The van der Waals surface area contributed by atoms with Crippen molar-refractivity contribution in [2.45, 2.75) is 13.8 Å². The van der Waals surface area contributed by atoms with Crippen molar-refractivity contribution in [3.8, 4) is 11.6 Å². The van der Waals surface area contributed by atoms with Gasteiger partial charge in [-0.1, -0.05) is 17.7 Å². The third-order valence-electron chi connectivity index (χ3n) is 3.42. The number of amides is 1. The van der Waals surface area contributed by atoms with E-state index >= 15 is 0 Å². The summed E-state index contributed by atoms with van der Waals surface area (Å²) in [6.45, 7) is 3.86. The van der Waals surface area contributed by atoms with Crippen LogP contribution >= 0.6 is 0 Å². The minimum atomic E-state index is -0.166. The first kappa shape index (κ1) is 15.7. The summed E-state index contributed by atoms with van der Waals surface area (Å²) in [6.07, 6.45) is 0.